The van der Waals surface area contributed by atoms with E-state index in [0.717, 1.165) is 63.6 Å². The Morgan fingerprint density at radius 2 is 2.03 bits per heavy atom. The Morgan fingerprint density at radius 1 is 1.16 bits per heavy atom. The van der Waals surface area contributed by atoms with Crippen molar-refractivity contribution >= 4 is 5.71 Å². The number of rotatable bonds is 5. The standard InChI is InChI=1S/C25H37N3O3/c1-24-8-6-18(29)14-17(24)15-21(27-31-13-3-11-28-12-10-26-16-28)23-19-4-5-22(30)25(19,2)9-7-20(23)24/h10,12,15-16,18-20,22-23,29-30H,3-9,11,13-14H2,1-2H3/b27-21-. The molecule has 3 saturated carbocycles. The topological polar surface area (TPSA) is 79.9 Å². The monoisotopic (exact) mass is 427 g/mol. The molecule has 2 N–H and O–H groups in total. The second-order valence-electron chi connectivity index (χ2n) is 10.9. The van der Waals surface area contributed by atoms with Crippen molar-refractivity contribution in [3.8, 4) is 0 Å². The van der Waals surface area contributed by atoms with Crippen molar-refractivity contribution in [2.75, 3.05) is 6.61 Å². The van der Waals surface area contributed by atoms with Crippen LogP contribution in [0.2, 0.25) is 0 Å². The van der Waals surface area contributed by atoms with Gasteiger partial charge in [-0.25, -0.2) is 4.98 Å². The van der Waals surface area contributed by atoms with E-state index >= 15 is 0 Å². The maximum atomic E-state index is 10.8. The van der Waals surface area contributed by atoms with Crippen molar-refractivity contribution in [3.63, 3.8) is 0 Å². The first kappa shape index (κ1) is 21.2. The summed E-state index contributed by atoms with van der Waals surface area (Å²) in [7, 11) is 0. The molecule has 0 spiro atoms. The Labute approximate surface area is 185 Å². The van der Waals surface area contributed by atoms with Crippen molar-refractivity contribution < 1.29 is 15.1 Å². The van der Waals surface area contributed by atoms with Crippen LogP contribution in [-0.4, -0.2) is 44.3 Å². The number of hydrogen-bond donors (Lipinski definition) is 2. The molecule has 31 heavy (non-hydrogen) atoms. The third kappa shape index (κ3) is 3.56. The van der Waals surface area contributed by atoms with Gasteiger partial charge in [0.25, 0.3) is 0 Å². The first-order valence-corrected chi connectivity index (χ1v) is 12.1. The van der Waals surface area contributed by atoms with E-state index in [1.165, 1.54) is 5.57 Å². The van der Waals surface area contributed by atoms with Crippen molar-refractivity contribution in [3.05, 3.63) is 30.4 Å². The number of oxime groups is 1. The van der Waals surface area contributed by atoms with Crippen LogP contribution in [0, 0.1) is 28.6 Å². The summed E-state index contributed by atoms with van der Waals surface area (Å²) in [6.45, 7) is 6.16. The minimum absolute atomic E-state index is 0.0146. The molecule has 0 bridgehead atoms. The smallest absolute Gasteiger partial charge is 0.118 e. The zero-order valence-electron chi connectivity index (χ0n) is 18.9. The van der Waals surface area contributed by atoms with Gasteiger partial charge in [-0.2, -0.15) is 0 Å². The molecule has 7 atom stereocenters. The maximum absolute atomic E-state index is 10.8. The molecule has 4 aliphatic rings. The molecule has 0 saturated heterocycles. The molecular formula is C25H37N3O3. The van der Waals surface area contributed by atoms with E-state index in [-0.39, 0.29) is 23.0 Å². The van der Waals surface area contributed by atoms with Crippen LogP contribution in [-0.2, 0) is 11.4 Å². The Kier molecular flexibility index (Phi) is 5.50. The number of aliphatic hydroxyl groups excluding tert-OH is 2. The van der Waals surface area contributed by atoms with Crippen molar-refractivity contribution in [1.82, 2.24) is 9.55 Å². The highest BCUT2D eigenvalue weighted by molar-refractivity contribution is 5.99. The molecule has 170 valence electrons. The molecule has 4 aliphatic carbocycles. The summed E-state index contributed by atoms with van der Waals surface area (Å²) >= 11 is 0. The highest BCUT2D eigenvalue weighted by Gasteiger charge is 2.60. The van der Waals surface area contributed by atoms with E-state index in [0.29, 0.717) is 24.4 Å². The van der Waals surface area contributed by atoms with Gasteiger partial charge in [-0.15, -0.1) is 0 Å². The number of aromatic nitrogens is 2. The molecule has 1 heterocycles. The van der Waals surface area contributed by atoms with Crippen LogP contribution in [0.1, 0.15) is 65.2 Å². The lowest BCUT2D eigenvalue weighted by Gasteiger charge is -2.57. The molecule has 0 aliphatic heterocycles. The largest absolute Gasteiger partial charge is 0.396 e. The number of hydrogen-bond acceptors (Lipinski definition) is 5. The van der Waals surface area contributed by atoms with Crippen LogP contribution in [0.15, 0.2) is 35.5 Å². The first-order chi connectivity index (χ1) is 14.9. The SMILES string of the molecule is CC12CCC(O)CC1=C/C(=N/OCCCn1ccnc1)C1C2CCC2(C)C(O)CCC12. The lowest BCUT2D eigenvalue weighted by atomic mass is 9.47. The summed E-state index contributed by atoms with van der Waals surface area (Å²) in [4.78, 5) is 9.93. The number of allylic oxidation sites excluding steroid dienone is 1. The van der Waals surface area contributed by atoms with Gasteiger partial charge in [-0.1, -0.05) is 24.6 Å². The molecule has 1 aromatic rings. The van der Waals surface area contributed by atoms with E-state index in [2.05, 4.69) is 29.5 Å². The summed E-state index contributed by atoms with van der Waals surface area (Å²) < 4.78 is 2.05. The Bertz CT molecular complexity index is 850. The number of imidazole rings is 1. The fourth-order valence-corrected chi connectivity index (χ4v) is 7.32. The van der Waals surface area contributed by atoms with Crippen molar-refractivity contribution in [2.24, 2.45) is 33.7 Å². The highest BCUT2D eigenvalue weighted by atomic mass is 16.6. The molecule has 0 aromatic carbocycles. The summed E-state index contributed by atoms with van der Waals surface area (Å²) in [6.07, 6.45) is 15.1. The fourth-order valence-electron chi connectivity index (χ4n) is 7.32. The Balaban J connectivity index is 1.40. The summed E-state index contributed by atoms with van der Waals surface area (Å²) in [5, 5.41) is 25.9. The predicted octanol–water partition coefficient (Wildman–Crippen LogP) is 3.94. The Hall–Kier alpha value is -1.66. The highest BCUT2D eigenvalue weighted by Crippen LogP contribution is 2.64. The fraction of sp³-hybridized carbons (Fsp3) is 0.760. The molecule has 5 rings (SSSR count). The lowest BCUT2D eigenvalue weighted by Crippen LogP contribution is -2.54. The number of nitrogens with zero attached hydrogens (tertiary/aromatic N) is 3. The quantitative estimate of drug-likeness (QED) is 0.551. The van der Waals surface area contributed by atoms with Gasteiger partial charge < -0.3 is 19.6 Å². The third-order valence-corrected chi connectivity index (χ3v) is 9.27. The third-order valence-electron chi connectivity index (χ3n) is 9.27. The molecule has 6 heteroatoms. The van der Waals surface area contributed by atoms with E-state index in [9.17, 15) is 10.2 Å². The molecule has 7 unspecified atom stereocenters. The molecule has 0 amide bonds. The molecule has 6 nitrogen and oxygen atoms in total. The number of aliphatic hydroxyl groups is 2. The molecule has 0 radical (unpaired) electrons. The normalized spacial score (nSPS) is 43.2. The predicted molar refractivity (Wildman–Crippen MR) is 119 cm³/mol. The van der Waals surface area contributed by atoms with E-state index in [1.807, 2.05) is 12.5 Å². The van der Waals surface area contributed by atoms with Gasteiger partial charge in [0.05, 0.1) is 24.2 Å². The molecule has 3 fully saturated rings. The zero-order chi connectivity index (χ0) is 21.6. The van der Waals surface area contributed by atoms with Crippen LogP contribution in [0.5, 0.6) is 0 Å². The van der Waals surface area contributed by atoms with Crippen molar-refractivity contribution in [2.45, 2.75) is 84.0 Å². The van der Waals surface area contributed by atoms with Crippen LogP contribution in [0.4, 0.5) is 0 Å². The summed E-state index contributed by atoms with van der Waals surface area (Å²) in [5.41, 5.74) is 2.54. The first-order valence-electron chi connectivity index (χ1n) is 12.1. The van der Waals surface area contributed by atoms with E-state index in [4.69, 9.17) is 9.99 Å². The van der Waals surface area contributed by atoms with Crippen LogP contribution in [0.3, 0.4) is 0 Å². The van der Waals surface area contributed by atoms with Crippen LogP contribution >= 0.6 is 0 Å². The minimum Gasteiger partial charge on any atom is -0.396 e. The number of aryl methyl sites for hydroxylation is 1. The lowest BCUT2D eigenvalue weighted by molar-refractivity contribution is -0.0495. The second kappa shape index (κ2) is 8.04. The minimum atomic E-state index is -0.240. The van der Waals surface area contributed by atoms with Gasteiger partial charge >= 0.3 is 0 Å². The van der Waals surface area contributed by atoms with Gasteiger partial charge in [0.2, 0.25) is 0 Å². The van der Waals surface area contributed by atoms with Crippen LogP contribution < -0.4 is 0 Å². The summed E-state index contributed by atoms with van der Waals surface area (Å²) in [6, 6.07) is 0. The Morgan fingerprint density at radius 3 is 2.84 bits per heavy atom. The van der Waals surface area contributed by atoms with Gasteiger partial charge in [-0.3, -0.25) is 0 Å². The molecule has 1 aromatic heterocycles. The van der Waals surface area contributed by atoms with E-state index in [1.54, 1.807) is 6.20 Å². The van der Waals surface area contributed by atoms with Gasteiger partial charge in [0.15, 0.2) is 0 Å². The maximum Gasteiger partial charge on any atom is 0.118 e. The van der Waals surface area contributed by atoms with Crippen molar-refractivity contribution in [1.29, 1.82) is 0 Å². The second-order valence-corrected chi connectivity index (χ2v) is 10.9. The average molecular weight is 428 g/mol. The van der Waals surface area contributed by atoms with Gasteiger partial charge in [0, 0.05) is 31.3 Å². The number of fused-ring (bicyclic) bond motifs is 5. The van der Waals surface area contributed by atoms with Gasteiger partial charge in [-0.05, 0) is 73.7 Å². The summed E-state index contributed by atoms with van der Waals surface area (Å²) in [5.74, 6) is 1.32. The molecular weight excluding hydrogens is 390 g/mol. The average Bonchev–Trinajstić information content (AvgIpc) is 3.37. The van der Waals surface area contributed by atoms with E-state index < -0.39 is 0 Å². The zero-order valence-corrected chi connectivity index (χ0v) is 18.9. The van der Waals surface area contributed by atoms with Crippen LogP contribution in [0.25, 0.3) is 0 Å². The van der Waals surface area contributed by atoms with Gasteiger partial charge in [0.1, 0.15) is 6.61 Å².